The summed E-state index contributed by atoms with van der Waals surface area (Å²) in [5.74, 6) is 0.718. The van der Waals surface area contributed by atoms with Gasteiger partial charge in [0.15, 0.2) is 5.82 Å². The molecule has 1 aliphatic rings. The Morgan fingerprint density at radius 2 is 2.10 bits per heavy atom. The van der Waals surface area contributed by atoms with Crippen LogP contribution in [0.1, 0.15) is 36.4 Å². The third-order valence-corrected chi connectivity index (χ3v) is 5.06. The van der Waals surface area contributed by atoms with Crippen LogP contribution in [0.4, 0.5) is 5.82 Å². The van der Waals surface area contributed by atoms with Gasteiger partial charge < -0.3 is 19.2 Å². The SMILES string of the molecule is CC(C)n1cnnc1-c1cccc(NC(=O)c2cc3c(cn2)ncn3C2COC2)n1. The third-order valence-electron chi connectivity index (χ3n) is 5.06. The lowest BCUT2D eigenvalue weighted by molar-refractivity contribution is -0.0216. The zero-order valence-corrected chi connectivity index (χ0v) is 16.6. The molecule has 1 fully saturated rings. The Bertz CT molecular complexity index is 1220. The van der Waals surface area contributed by atoms with Gasteiger partial charge in [-0.15, -0.1) is 10.2 Å². The van der Waals surface area contributed by atoms with Gasteiger partial charge >= 0.3 is 0 Å². The second-order valence-corrected chi connectivity index (χ2v) is 7.42. The number of anilines is 1. The Labute approximate surface area is 172 Å². The zero-order chi connectivity index (χ0) is 20.7. The van der Waals surface area contributed by atoms with Crippen molar-refractivity contribution in [3.63, 3.8) is 0 Å². The summed E-state index contributed by atoms with van der Waals surface area (Å²) in [4.78, 5) is 26.0. The number of hydrogen-bond donors (Lipinski definition) is 1. The van der Waals surface area contributed by atoms with Gasteiger partial charge in [-0.25, -0.2) is 15.0 Å². The molecule has 4 aromatic rings. The number of carbonyl (C=O) groups excluding carboxylic acids is 1. The van der Waals surface area contributed by atoms with Crippen molar-refractivity contribution >= 4 is 22.8 Å². The fourth-order valence-electron chi connectivity index (χ4n) is 3.34. The van der Waals surface area contributed by atoms with E-state index < -0.39 is 0 Å². The van der Waals surface area contributed by atoms with Crippen LogP contribution in [0.15, 0.2) is 43.1 Å². The van der Waals surface area contributed by atoms with E-state index in [4.69, 9.17) is 4.74 Å². The van der Waals surface area contributed by atoms with E-state index in [2.05, 4.69) is 30.5 Å². The topological polar surface area (TPSA) is 113 Å². The number of nitrogens with zero attached hydrogens (tertiary/aromatic N) is 7. The van der Waals surface area contributed by atoms with E-state index in [0.717, 1.165) is 11.0 Å². The molecule has 1 aliphatic heterocycles. The lowest BCUT2D eigenvalue weighted by atomic mass is 10.2. The molecule has 1 saturated heterocycles. The molecule has 30 heavy (non-hydrogen) atoms. The van der Waals surface area contributed by atoms with Gasteiger partial charge in [0.2, 0.25) is 0 Å². The fraction of sp³-hybridized carbons (Fsp3) is 0.300. The Morgan fingerprint density at radius 1 is 1.23 bits per heavy atom. The van der Waals surface area contributed by atoms with Crippen molar-refractivity contribution in [3.05, 3.63) is 48.8 Å². The first kappa shape index (κ1) is 18.4. The number of aromatic nitrogens is 7. The first-order valence-electron chi connectivity index (χ1n) is 9.69. The standard InChI is InChI=1S/C20H20N8O2/c1-12(2)27-11-23-26-19(27)14-4-3-5-18(24-14)25-20(29)15-6-17-16(7-21-15)22-10-28(17)13-8-30-9-13/h3-7,10-13H,8-9H2,1-2H3,(H,24,25,29). The van der Waals surface area contributed by atoms with Crippen molar-refractivity contribution in [3.8, 4) is 11.5 Å². The normalized spacial score (nSPS) is 14.2. The molecule has 10 heteroatoms. The molecule has 0 radical (unpaired) electrons. The average molecular weight is 404 g/mol. The highest BCUT2D eigenvalue weighted by molar-refractivity contribution is 6.03. The van der Waals surface area contributed by atoms with E-state index in [1.807, 2.05) is 35.1 Å². The minimum Gasteiger partial charge on any atom is -0.377 e. The summed E-state index contributed by atoms with van der Waals surface area (Å²) in [7, 11) is 0. The average Bonchev–Trinajstić information content (AvgIpc) is 3.34. The molecule has 5 heterocycles. The maximum atomic E-state index is 12.8. The number of fused-ring (bicyclic) bond motifs is 1. The molecule has 152 valence electrons. The third kappa shape index (κ3) is 3.20. The van der Waals surface area contributed by atoms with E-state index >= 15 is 0 Å². The molecule has 10 nitrogen and oxygen atoms in total. The van der Waals surface area contributed by atoms with E-state index in [1.165, 1.54) is 0 Å². The van der Waals surface area contributed by atoms with Crippen LogP contribution in [0, 0.1) is 0 Å². The quantitative estimate of drug-likeness (QED) is 0.544. The van der Waals surface area contributed by atoms with Gasteiger partial charge in [0.25, 0.3) is 5.91 Å². The largest absolute Gasteiger partial charge is 0.377 e. The first-order valence-corrected chi connectivity index (χ1v) is 9.69. The van der Waals surface area contributed by atoms with E-state index in [9.17, 15) is 4.79 Å². The lowest BCUT2D eigenvalue weighted by Gasteiger charge is -2.27. The Hall–Kier alpha value is -3.66. The van der Waals surface area contributed by atoms with E-state index in [-0.39, 0.29) is 18.0 Å². The number of ether oxygens (including phenoxy) is 1. The highest BCUT2D eigenvalue weighted by Gasteiger charge is 2.23. The second kappa shape index (κ2) is 7.30. The van der Waals surface area contributed by atoms with Crippen LogP contribution in [-0.4, -0.2) is 53.4 Å². The minimum absolute atomic E-state index is 0.192. The minimum atomic E-state index is -0.343. The monoisotopic (exact) mass is 404 g/mol. The smallest absolute Gasteiger partial charge is 0.275 e. The lowest BCUT2D eigenvalue weighted by Crippen LogP contribution is -2.30. The molecule has 0 bridgehead atoms. The molecule has 1 amide bonds. The first-order chi connectivity index (χ1) is 14.6. The van der Waals surface area contributed by atoms with Crippen LogP contribution in [-0.2, 0) is 4.74 Å². The molecule has 0 aliphatic carbocycles. The Kier molecular flexibility index (Phi) is 4.47. The van der Waals surface area contributed by atoms with E-state index in [1.54, 1.807) is 31.0 Å². The maximum absolute atomic E-state index is 12.8. The molecule has 0 aromatic carbocycles. The number of carbonyl (C=O) groups is 1. The highest BCUT2D eigenvalue weighted by atomic mass is 16.5. The van der Waals surface area contributed by atoms with Crippen LogP contribution in [0.3, 0.4) is 0 Å². The summed E-state index contributed by atoms with van der Waals surface area (Å²) in [6, 6.07) is 7.56. The number of imidazole rings is 1. The fourth-order valence-corrected chi connectivity index (χ4v) is 3.34. The Balaban J connectivity index is 1.41. The van der Waals surface area contributed by atoms with Crippen molar-refractivity contribution in [2.24, 2.45) is 0 Å². The molecule has 0 spiro atoms. The number of hydrogen-bond acceptors (Lipinski definition) is 7. The van der Waals surface area contributed by atoms with Crippen LogP contribution >= 0.6 is 0 Å². The summed E-state index contributed by atoms with van der Waals surface area (Å²) in [5, 5.41) is 11.0. The molecule has 0 unspecified atom stereocenters. The van der Waals surface area contributed by atoms with Gasteiger partial charge in [0.05, 0.1) is 37.3 Å². The molecular weight excluding hydrogens is 384 g/mol. The number of pyridine rings is 2. The second-order valence-electron chi connectivity index (χ2n) is 7.42. The van der Waals surface area contributed by atoms with Gasteiger partial charge in [-0.05, 0) is 32.0 Å². The van der Waals surface area contributed by atoms with Crippen molar-refractivity contribution in [1.29, 1.82) is 0 Å². The molecule has 0 saturated carbocycles. The zero-order valence-electron chi connectivity index (χ0n) is 16.6. The van der Waals surface area contributed by atoms with Crippen LogP contribution < -0.4 is 5.32 Å². The van der Waals surface area contributed by atoms with Gasteiger partial charge in [0.1, 0.15) is 29.0 Å². The summed E-state index contributed by atoms with van der Waals surface area (Å²) in [6.45, 7) is 5.38. The number of rotatable bonds is 5. The molecule has 0 atom stereocenters. The summed E-state index contributed by atoms with van der Waals surface area (Å²) in [5.41, 5.74) is 2.52. The molecule has 4 aromatic heterocycles. The van der Waals surface area contributed by atoms with Crippen molar-refractivity contribution in [2.45, 2.75) is 25.9 Å². The predicted octanol–water partition coefficient (Wildman–Crippen LogP) is 2.49. The Morgan fingerprint density at radius 3 is 2.87 bits per heavy atom. The predicted molar refractivity (Wildman–Crippen MR) is 109 cm³/mol. The maximum Gasteiger partial charge on any atom is 0.275 e. The van der Waals surface area contributed by atoms with Crippen molar-refractivity contribution < 1.29 is 9.53 Å². The van der Waals surface area contributed by atoms with Gasteiger partial charge in [-0.3, -0.25) is 4.79 Å². The van der Waals surface area contributed by atoms with E-state index in [0.29, 0.717) is 36.2 Å². The number of amides is 1. The summed E-state index contributed by atoms with van der Waals surface area (Å²) in [6.07, 6.45) is 5.04. The molecular formula is C20H20N8O2. The van der Waals surface area contributed by atoms with Crippen LogP contribution in [0.5, 0.6) is 0 Å². The van der Waals surface area contributed by atoms with Crippen molar-refractivity contribution in [1.82, 2.24) is 34.3 Å². The number of nitrogens with one attached hydrogen (secondary N) is 1. The highest BCUT2D eigenvalue weighted by Crippen LogP contribution is 2.24. The van der Waals surface area contributed by atoms with Gasteiger partial charge in [0, 0.05) is 6.04 Å². The molecule has 1 N–H and O–H groups in total. The van der Waals surface area contributed by atoms with Crippen LogP contribution in [0.2, 0.25) is 0 Å². The van der Waals surface area contributed by atoms with Gasteiger partial charge in [-0.1, -0.05) is 6.07 Å². The summed E-state index contributed by atoms with van der Waals surface area (Å²) < 4.78 is 9.21. The van der Waals surface area contributed by atoms with Crippen LogP contribution in [0.25, 0.3) is 22.6 Å². The molecule has 5 rings (SSSR count). The summed E-state index contributed by atoms with van der Waals surface area (Å²) >= 11 is 0. The van der Waals surface area contributed by atoms with Gasteiger partial charge in [-0.2, -0.15) is 0 Å². The van der Waals surface area contributed by atoms with Crippen molar-refractivity contribution in [2.75, 3.05) is 18.5 Å².